The second-order valence-electron chi connectivity index (χ2n) is 12.1. The van der Waals surface area contributed by atoms with Crippen molar-refractivity contribution in [1.29, 1.82) is 0 Å². The summed E-state index contributed by atoms with van der Waals surface area (Å²) in [5, 5.41) is 2.92. The molecule has 11 nitrogen and oxygen atoms in total. The fourth-order valence-corrected chi connectivity index (χ4v) is 7.28. The van der Waals surface area contributed by atoms with Gasteiger partial charge in [0.1, 0.15) is 17.1 Å². The minimum absolute atomic E-state index is 0.00418. The number of carbonyl (C=O) groups is 3. The minimum Gasteiger partial charge on any atom is -0.497 e. The van der Waals surface area contributed by atoms with Crippen LogP contribution in [0.4, 0.5) is 17.1 Å². The molecule has 2 heterocycles. The molecule has 0 aliphatic carbocycles. The second-order valence-corrected chi connectivity index (χ2v) is 14.2. The van der Waals surface area contributed by atoms with E-state index in [1.54, 1.807) is 87.0 Å². The summed E-state index contributed by atoms with van der Waals surface area (Å²) in [6.07, 6.45) is 8.19. The summed E-state index contributed by atoms with van der Waals surface area (Å²) in [7, 11) is 3.10. The number of fused-ring (bicyclic) bond motifs is 1. The second kappa shape index (κ2) is 17.0. The highest BCUT2D eigenvalue weighted by Gasteiger charge is 2.43. The molecule has 0 spiro atoms. The van der Waals surface area contributed by atoms with Crippen LogP contribution in [0.25, 0.3) is 0 Å². The molecule has 3 aromatic rings. The molecule has 3 aromatic carbocycles. The molecule has 5 rings (SSSR count). The summed E-state index contributed by atoms with van der Waals surface area (Å²) >= 11 is 5.63. The lowest BCUT2D eigenvalue weighted by atomic mass is 9.79. The molecule has 1 fully saturated rings. The van der Waals surface area contributed by atoms with Gasteiger partial charge >= 0.3 is 0 Å². The normalized spacial score (nSPS) is 18.7. The van der Waals surface area contributed by atoms with Gasteiger partial charge in [-0.25, -0.2) is 4.21 Å². The van der Waals surface area contributed by atoms with Crippen LogP contribution in [0.1, 0.15) is 32.3 Å². The molecule has 2 unspecified atom stereocenters. The lowest BCUT2D eigenvalue weighted by Gasteiger charge is -2.36. The Morgan fingerprint density at radius 2 is 1.50 bits per heavy atom. The summed E-state index contributed by atoms with van der Waals surface area (Å²) in [6, 6.07) is 18.9. The summed E-state index contributed by atoms with van der Waals surface area (Å²) < 4.78 is 32.9. The molecule has 272 valence electrons. The maximum Gasteiger partial charge on any atom is 0.270 e. The molecule has 2 atom stereocenters. The summed E-state index contributed by atoms with van der Waals surface area (Å²) in [5.74, 6) is 0.0123. The van der Waals surface area contributed by atoms with Crippen LogP contribution in [0.15, 0.2) is 107 Å². The maximum atomic E-state index is 14.0. The van der Waals surface area contributed by atoms with Crippen molar-refractivity contribution in [2.24, 2.45) is 0 Å². The number of rotatable bonds is 13. The van der Waals surface area contributed by atoms with Crippen LogP contribution in [-0.2, 0) is 30.9 Å². The molecule has 0 aromatic heterocycles. The van der Waals surface area contributed by atoms with Crippen molar-refractivity contribution < 1.29 is 32.6 Å². The standard InChI is InChI=1S/C38H39IN4O7S2/c1-5-38(2)31-23-29(52(47)48)19-20-32(31)41(22-8-21-40-34(44)24-39)33(38)10-7-6-9-30-35(45)42(25-11-15-27(49-3)16-12-25)37(51)43(36(30)46)26-13-17-28(50-4)18-14-26/h6-7,9-20,23H,5,8,21-22,24H2,1-4H3,(H,40,44)(H,47,48)/b7-6+,33-10+. The highest BCUT2D eigenvalue weighted by molar-refractivity contribution is 14.1. The number of carbonyl (C=O) groups excluding carboxylic acids is 3. The first-order valence-corrected chi connectivity index (χ1v) is 19.5. The van der Waals surface area contributed by atoms with E-state index in [4.69, 9.17) is 21.7 Å². The lowest BCUT2D eigenvalue weighted by molar-refractivity contribution is -0.121. The van der Waals surface area contributed by atoms with Gasteiger partial charge in [-0.2, -0.15) is 0 Å². The van der Waals surface area contributed by atoms with E-state index in [1.807, 2.05) is 34.7 Å². The number of alkyl halides is 1. The predicted molar refractivity (Wildman–Crippen MR) is 216 cm³/mol. The third-order valence-electron chi connectivity index (χ3n) is 9.16. The monoisotopic (exact) mass is 854 g/mol. The summed E-state index contributed by atoms with van der Waals surface area (Å²) in [5.41, 5.74) is 3.08. The number of benzene rings is 3. The first-order valence-electron chi connectivity index (χ1n) is 16.4. The number of amides is 3. The number of nitrogens with zero attached hydrogens (tertiary/aromatic N) is 3. The van der Waals surface area contributed by atoms with Crippen LogP contribution in [0, 0.1) is 0 Å². The highest BCUT2D eigenvalue weighted by Crippen LogP contribution is 2.50. The van der Waals surface area contributed by atoms with Gasteiger partial charge in [0.05, 0.1) is 34.9 Å². The maximum absolute atomic E-state index is 14.0. The zero-order chi connectivity index (χ0) is 37.6. The Hall–Kier alpha value is -4.38. The molecule has 2 aliphatic rings. The topological polar surface area (TPSA) is 129 Å². The van der Waals surface area contributed by atoms with E-state index in [0.29, 0.717) is 58.1 Å². The summed E-state index contributed by atoms with van der Waals surface area (Å²) in [4.78, 5) is 45.0. The van der Waals surface area contributed by atoms with E-state index in [0.717, 1.165) is 16.9 Å². The van der Waals surface area contributed by atoms with Gasteiger partial charge in [0.15, 0.2) is 16.2 Å². The van der Waals surface area contributed by atoms with Gasteiger partial charge in [-0.3, -0.25) is 24.2 Å². The van der Waals surface area contributed by atoms with Crippen molar-refractivity contribution in [2.75, 3.05) is 46.4 Å². The summed E-state index contributed by atoms with van der Waals surface area (Å²) in [6.45, 7) is 5.21. The zero-order valence-corrected chi connectivity index (χ0v) is 32.9. The highest BCUT2D eigenvalue weighted by atomic mass is 127. The molecule has 0 radical (unpaired) electrons. The number of halogens is 1. The number of thiocarbonyl (C=S) groups is 1. The van der Waals surface area contributed by atoms with Crippen molar-refractivity contribution in [3.8, 4) is 11.5 Å². The smallest absolute Gasteiger partial charge is 0.270 e. The van der Waals surface area contributed by atoms with Crippen molar-refractivity contribution in [1.82, 2.24) is 5.32 Å². The first kappa shape index (κ1) is 38.8. The average Bonchev–Trinajstić information content (AvgIpc) is 3.39. The average molecular weight is 855 g/mol. The van der Waals surface area contributed by atoms with Crippen LogP contribution in [0.5, 0.6) is 11.5 Å². The SMILES string of the molecule is CCC1(C)/C(=C\C=C\C=C2C(=O)N(c3ccc(OC)cc3)C(=S)N(c3ccc(OC)cc3)C2=O)N(CCCNC(=O)CI)c2ccc(S(=O)O)cc21. The molecular formula is C38H39IN4O7S2. The van der Waals surface area contributed by atoms with Gasteiger partial charge in [-0.1, -0.05) is 41.7 Å². The van der Waals surface area contributed by atoms with Crippen LogP contribution >= 0.6 is 34.8 Å². The minimum atomic E-state index is -2.15. The van der Waals surface area contributed by atoms with Crippen molar-refractivity contribution in [2.45, 2.75) is 37.0 Å². The van der Waals surface area contributed by atoms with Crippen molar-refractivity contribution in [3.05, 3.63) is 108 Å². The number of allylic oxidation sites excluding steroid dienone is 5. The Morgan fingerprint density at radius 3 is 2.00 bits per heavy atom. The molecule has 0 bridgehead atoms. The van der Waals surface area contributed by atoms with Gasteiger partial charge in [0.2, 0.25) is 5.91 Å². The van der Waals surface area contributed by atoms with Gasteiger partial charge in [-0.05, 0) is 116 Å². The molecule has 2 aliphatic heterocycles. The van der Waals surface area contributed by atoms with Crippen molar-refractivity contribution >= 4 is 85.8 Å². The van der Waals surface area contributed by atoms with Gasteiger partial charge in [-0.15, -0.1) is 0 Å². The third kappa shape index (κ3) is 7.84. The van der Waals surface area contributed by atoms with E-state index in [2.05, 4.69) is 24.1 Å². The van der Waals surface area contributed by atoms with E-state index in [9.17, 15) is 23.1 Å². The fourth-order valence-electron chi connectivity index (χ4n) is 6.23. The zero-order valence-electron chi connectivity index (χ0n) is 29.1. The Labute approximate surface area is 324 Å². The third-order valence-corrected chi connectivity index (χ3v) is 10.9. The number of hydrogen-bond donors (Lipinski definition) is 2. The Morgan fingerprint density at radius 1 is 0.942 bits per heavy atom. The number of methoxy groups -OCH3 is 2. The molecule has 1 saturated heterocycles. The molecule has 14 heteroatoms. The van der Waals surface area contributed by atoms with E-state index in [1.165, 1.54) is 15.9 Å². The van der Waals surface area contributed by atoms with Crippen LogP contribution in [-0.4, -0.2) is 63.3 Å². The van der Waals surface area contributed by atoms with Gasteiger partial charge < -0.3 is 24.2 Å². The van der Waals surface area contributed by atoms with Crippen LogP contribution < -0.4 is 29.5 Å². The first-order chi connectivity index (χ1) is 25.0. The largest absolute Gasteiger partial charge is 0.497 e. The lowest BCUT2D eigenvalue weighted by Crippen LogP contribution is -2.57. The van der Waals surface area contributed by atoms with Gasteiger partial charge in [0, 0.05) is 29.9 Å². The molecule has 0 saturated carbocycles. The Kier molecular flexibility index (Phi) is 12.7. The van der Waals surface area contributed by atoms with E-state index < -0.39 is 28.3 Å². The quantitative estimate of drug-likeness (QED) is 0.0380. The Balaban J connectivity index is 1.53. The Bertz CT molecular complexity index is 1910. The van der Waals surface area contributed by atoms with E-state index >= 15 is 0 Å². The van der Waals surface area contributed by atoms with Crippen LogP contribution in [0.2, 0.25) is 0 Å². The number of hydrogen-bond acceptors (Lipinski definition) is 8. The number of ether oxygens (including phenoxy) is 2. The predicted octanol–water partition coefficient (Wildman–Crippen LogP) is 6.44. The fraction of sp³-hybridized carbons (Fsp3) is 0.263. The van der Waals surface area contributed by atoms with E-state index in [-0.39, 0.29) is 16.6 Å². The molecule has 52 heavy (non-hydrogen) atoms. The van der Waals surface area contributed by atoms with Crippen LogP contribution in [0.3, 0.4) is 0 Å². The molecule has 3 amide bonds. The van der Waals surface area contributed by atoms with Gasteiger partial charge in [0.25, 0.3) is 11.8 Å². The molecular weight excluding hydrogens is 815 g/mol. The number of anilines is 3. The molecule has 2 N–H and O–H groups in total. The van der Waals surface area contributed by atoms with Crippen molar-refractivity contribution in [3.63, 3.8) is 0 Å². The number of nitrogens with one attached hydrogen (secondary N) is 1.